The molecule has 2 aromatic heterocycles. The number of rotatable bonds is 3. The minimum Gasteiger partial charge on any atom is -0.454 e. The van der Waals surface area contributed by atoms with E-state index in [9.17, 15) is 0 Å². The van der Waals surface area contributed by atoms with E-state index in [0.717, 1.165) is 5.56 Å². The van der Waals surface area contributed by atoms with Gasteiger partial charge in [-0.05, 0) is 24.5 Å². The number of nitrogens with zero attached hydrogens (tertiary/aromatic N) is 3. The van der Waals surface area contributed by atoms with E-state index in [2.05, 4.69) is 20.3 Å². The van der Waals surface area contributed by atoms with Gasteiger partial charge >= 0.3 is 0 Å². The van der Waals surface area contributed by atoms with Crippen molar-refractivity contribution in [3.05, 3.63) is 18.2 Å². The lowest BCUT2D eigenvalue weighted by Crippen LogP contribution is -1.92. The molecule has 3 heterocycles. The van der Waals surface area contributed by atoms with Gasteiger partial charge in [-0.25, -0.2) is 0 Å². The van der Waals surface area contributed by atoms with Crippen molar-refractivity contribution in [2.45, 2.75) is 5.03 Å². The Balaban J connectivity index is 1.74. The number of anilines is 1. The predicted molar refractivity (Wildman–Crippen MR) is 79.6 cm³/mol. The molecule has 0 amide bonds. The van der Waals surface area contributed by atoms with Gasteiger partial charge in [0.25, 0.3) is 5.89 Å². The highest BCUT2D eigenvalue weighted by atomic mass is 32.2. The zero-order valence-corrected chi connectivity index (χ0v) is 12.3. The zero-order chi connectivity index (χ0) is 15.1. The number of hydrogen-bond acceptors (Lipinski definition) is 8. The molecule has 9 heteroatoms. The van der Waals surface area contributed by atoms with Crippen LogP contribution in [0.2, 0.25) is 0 Å². The van der Waals surface area contributed by atoms with Gasteiger partial charge in [-0.3, -0.25) is 5.10 Å². The summed E-state index contributed by atoms with van der Waals surface area (Å²) in [5, 5.41) is 11.5. The smallest absolute Gasteiger partial charge is 0.264 e. The molecule has 22 heavy (non-hydrogen) atoms. The standard InChI is InChI=1S/C13H11N5O3S/c1-22-13-9(10(14)16-17-13)12-15-11(18-21-12)6-2-3-7-8(4-6)20-5-19-7/h2-4H,5H2,1H3,(H3,14,16,17). The Morgan fingerprint density at radius 1 is 1.27 bits per heavy atom. The normalized spacial score (nSPS) is 12.8. The second-order valence-corrected chi connectivity index (χ2v) is 5.31. The van der Waals surface area contributed by atoms with Crippen LogP contribution >= 0.6 is 11.8 Å². The number of thioether (sulfide) groups is 1. The van der Waals surface area contributed by atoms with Gasteiger partial charge in [-0.1, -0.05) is 5.16 Å². The SMILES string of the molecule is CSc1n[nH]c(N)c1-c1nc(-c2ccc3c(c2)OCO3)no1. The van der Waals surface area contributed by atoms with Gasteiger partial charge in [0.15, 0.2) is 11.5 Å². The predicted octanol–water partition coefficient (Wildman–Crippen LogP) is 2.16. The maximum Gasteiger partial charge on any atom is 0.264 e. The molecule has 0 saturated heterocycles. The Hall–Kier alpha value is -2.68. The molecule has 1 aliphatic heterocycles. The van der Waals surface area contributed by atoms with Crippen LogP contribution in [0, 0.1) is 0 Å². The van der Waals surface area contributed by atoms with E-state index in [1.54, 1.807) is 0 Å². The van der Waals surface area contributed by atoms with Gasteiger partial charge in [0, 0.05) is 5.56 Å². The lowest BCUT2D eigenvalue weighted by atomic mass is 10.2. The summed E-state index contributed by atoms with van der Waals surface area (Å²) in [6.45, 7) is 0.221. The molecule has 3 aromatic rings. The van der Waals surface area contributed by atoms with Crippen LogP contribution in [0.15, 0.2) is 27.7 Å². The Kier molecular flexibility index (Phi) is 2.93. The summed E-state index contributed by atoms with van der Waals surface area (Å²) in [5.74, 6) is 2.53. The number of nitrogens with two attached hydrogens (primary N) is 1. The number of aromatic amines is 1. The first-order valence-electron chi connectivity index (χ1n) is 6.38. The molecule has 0 fully saturated rings. The van der Waals surface area contributed by atoms with Crippen LogP contribution in [0.25, 0.3) is 22.8 Å². The fourth-order valence-electron chi connectivity index (χ4n) is 2.17. The largest absolute Gasteiger partial charge is 0.454 e. The van der Waals surface area contributed by atoms with Gasteiger partial charge in [0.2, 0.25) is 12.6 Å². The molecule has 1 aromatic carbocycles. The minimum absolute atomic E-state index is 0.221. The number of aromatic nitrogens is 4. The van der Waals surface area contributed by atoms with E-state index >= 15 is 0 Å². The van der Waals surface area contributed by atoms with Crippen molar-refractivity contribution in [1.82, 2.24) is 20.3 Å². The molecule has 112 valence electrons. The third kappa shape index (κ3) is 1.98. The van der Waals surface area contributed by atoms with Crippen molar-refractivity contribution in [1.29, 1.82) is 0 Å². The molecule has 3 N–H and O–H groups in total. The first-order chi connectivity index (χ1) is 10.8. The topological polar surface area (TPSA) is 112 Å². The van der Waals surface area contributed by atoms with Crippen LogP contribution in [-0.2, 0) is 0 Å². The van der Waals surface area contributed by atoms with Crippen molar-refractivity contribution >= 4 is 17.6 Å². The molecule has 0 radical (unpaired) electrons. The molecule has 0 atom stereocenters. The number of nitrogen functional groups attached to an aromatic ring is 1. The first-order valence-corrected chi connectivity index (χ1v) is 7.60. The monoisotopic (exact) mass is 317 g/mol. The summed E-state index contributed by atoms with van der Waals surface area (Å²) in [4.78, 5) is 4.39. The van der Waals surface area contributed by atoms with Gasteiger partial charge < -0.3 is 19.7 Å². The third-order valence-electron chi connectivity index (χ3n) is 3.23. The van der Waals surface area contributed by atoms with E-state index in [4.69, 9.17) is 19.7 Å². The summed E-state index contributed by atoms with van der Waals surface area (Å²) >= 11 is 1.45. The van der Waals surface area contributed by atoms with Gasteiger partial charge in [-0.15, -0.1) is 11.8 Å². The van der Waals surface area contributed by atoms with E-state index in [1.165, 1.54) is 11.8 Å². The van der Waals surface area contributed by atoms with Gasteiger partial charge in [0.1, 0.15) is 16.4 Å². The van der Waals surface area contributed by atoms with Crippen LogP contribution in [0.1, 0.15) is 0 Å². The van der Waals surface area contributed by atoms with Crippen molar-refractivity contribution in [2.24, 2.45) is 0 Å². The summed E-state index contributed by atoms with van der Waals surface area (Å²) in [7, 11) is 0. The Bertz CT molecular complexity index is 844. The molecule has 0 unspecified atom stereocenters. The number of H-pyrrole nitrogens is 1. The Labute approximate surface area is 129 Å². The van der Waals surface area contributed by atoms with Crippen LogP contribution in [0.3, 0.4) is 0 Å². The number of benzene rings is 1. The average Bonchev–Trinajstić information content (AvgIpc) is 3.24. The first kappa shape index (κ1) is 13.0. The fraction of sp³-hybridized carbons (Fsp3) is 0.154. The molecule has 0 aliphatic carbocycles. The highest BCUT2D eigenvalue weighted by Gasteiger charge is 2.21. The van der Waals surface area contributed by atoms with Crippen LogP contribution in [-0.4, -0.2) is 33.4 Å². The molecular weight excluding hydrogens is 306 g/mol. The molecular formula is C13H11N5O3S. The van der Waals surface area contributed by atoms with Gasteiger partial charge in [0.05, 0.1) is 0 Å². The Morgan fingerprint density at radius 3 is 3.00 bits per heavy atom. The zero-order valence-electron chi connectivity index (χ0n) is 11.5. The number of fused-ring (bicyclic) bond motifs is 1. The maximum absolute atomic E-state index is 5.87. The maximum atomic E-state index is 5.87. The van der Waals surface area contributed by atoms with Crippen molar-refractivity contribution in [3.63, 3.8) is 0 Å². The molecule has 0 saturated carbocycles. The van der Waals surface area contributed by atoms with E-state index in [0.29, 0.717) is 39.6 Å². The average molecular weight is 317 g/mol. The highest BCUT2D eigenvalue weighted by Crippen LogP contribution is 2.37. The van der Waals surface area contributed by atoms with Gasteiger partial charge in [-0.2, -0.15) is 10.1 Å². The summed E-state index contributed by atoms with van der Waals surface area (Å²) in [6, 6.07) is 5.47. The molecule has 0 spiro atoms. The third-order valence-corrected chi connectivity index (χ3v) is 3.91. The molecule has 0 bridgehead atoms. The van der Waals surface area contributed by atoms with Crippen molar-refractivity contribution in [2.75, 3.05) is 18.8 Å². The molecule has 1 aliphatic rings. The summed E-state index contributed by atoms with van der Waals surface area (Å²) < 4.78 is 15.9. The lowest BCUT2D eigenvalue weighted by molar-refractivity contribution is 0.174. The highest BCUT2D eigenvalue weighted by molar-refractivity contribution is 7.98. The number of ether oxygens (including phenoxy) is 2. The lowest BCUT2D eigenvalue weighted by Gasteiger charge is -1.97. The Morgan fingerprint density at radius 2 is 2.14 bits per heavy atom. The van der Waals surface area contributed by atoms with Crippen molar-refractivity contribution in [3.8, 4) is 34.3 Å². The van der Waals surface area contributed by atoms with Crippen molar-refractivity contribution < 1.29 is 14.0 Å². The van der Waals surface area contributed by atoms with E-state index < -0.39 is 0 Å². The molecule has 8 nitrogen and oxygen atoms in total. The summed E-state index contributed by atoms with van der Waals surface area (Å²) in [5.41, 5.74) is 7.26. The second kappa shape index (κ2) is 4.95. The quantitative estimate of drug-likeness (QED) is 0.707. The second-order valence-electron chi connectivity index (χ2n) is 4.51. The van der Waals surface area contributed by atoms with Crippen LogP contribution in [0.5, 0.6) is 11.5 Å². The van der Waals surface area contributed by atoms with Crippen LogP contribution < -0.4 is 15.2 Å². The van der Waals surface area contributed by atoms with E-state index in [-0.39, 0.29) is 6.79 Å². The summed E-state index contributed by atoms with van der Waals surface area (Å²) in [6.07, 6.45) is 1.90. The van der Waals surface area contributed by atoms with Crippen LogP contribution in [0.4, 0.5) is 5.82 Å². The fourth-order valence-corrected chi connectivity index (χ4v) is 2.71. The number of nitrogens with one attached hydrogen (secondary N) is 1. The minimum atomic E-state index is 0.221. The number of hydrogen-bond donors (Lipinski definition) is 2. The van der Waals surface area contributed by atoms with E-state index in [1.807, 2.05) is 24.5 Å². The molecule has 4 rings (SSSR count).